The van der Waals surface area contributed by atoms with Crippen LogP contribution in [0.5, 0.6) is 0 Å². The Bertz CT molecular complexity index is 964. The van der Waals surface area contributed by atoms with Gasteiger partial charge in [0.1, 0.15) is 11.6 Å². The molecule has 10 heteroatoms. The maximum atomic E-state index is 12.2. The molecule has 0 aliphatic carbocycles. The van der Waals surface area contributed by atoms with Gasteiger partial charge in [-0.15, -0.1) is 0 Å². The van der Waals surface area contributed by atoms with Gasteiger partial charge in [-0.2, -0.15) is 5.26 Å². The van der Waals surface area contributed by atoms with E-state index in [1.165, 1.54) is 48.5 Å². The molecule has 0 bridgehead atoms. The summed E-state index contributed by atoms with van der Waals surface area (Å²) in [6.45, 7) is 0. The average molecular weight is 417 g/mol. The van der Waals surface area contributed by atoms with Crippen LogP contribution in [0.2, 0.25) is 0 Å². The fourth-order valence-corrected chi connectivity index (χ4v) is 2.38. The van der Waals surface area contributed by atoms with E-state index in [9.17, 15) is 30.3 Å². The first-order chi connectivity index (χ1) is 12.3. The minimum Gasteiger partial charge on any atom is -0.320 e. The number of hydrogen-bond donors (Lipinski definition) is 1. The first-order valence-electron chi connectivity index (χ1n) is 6.93. The number of non-ortho nitro benzene ring substituents is 2. The Hall–Kier alpha value is -3.58. The third-order valence-corrected chi connectivity index (χ3v) is 3.85. The molecule has 0 unspecified atom stereocenters. The summed E-state index contributed by atoms with van der Waals surface area (Å²) in [4.78, 5) is 32.4. The van der Waals surface area contributed by atoms with Crippen molar-refractivity contribution in [3.05, 3.63) is 78.3 Å². The molecule has 9 nitrogen and oxygen atoms in total. The van der Waals surface area contributed by atoms with Crippen LogP contribution in [0.1, 0.15) is 5.56 Å². The molecule has 0 saturated heterocycles. The minimum atomic E-state index is -0.722. The van der Waals surface area contributed by atoms with Gasteiger partial charge < -0.3 is 5.32 Å². The van der Waals surface area contributed by atoms with E-state index in [4.69, 9.17) is 0 Å². The van der Waals surface area contributed by atoms with Crippen LogP contribution in [0.15, 0.2) is 52.5 Å². The van der Waals surface area contributed by atoms with Gasteiger partial charge in [0.2, 0.25) is 0 Å². The first kappa shape index (κ1) is 18.8. The Morgan fingerprint density at radius 3 is 2.15 bits per heavy atom. The second-order valence-electron chi connectivity index (χ2n) is 4.89. The van der Waals surface area contributed by atoms with Gasteiger partial charge in [-0.3, -0.25) is 25.0 Å². The smallest absolute Gasteiger partial charge is 0.270 e. The van der Waals surface area contributed by atoms with Crippen molar-refractivity contribution in [1.29, 1.82) is 5.26 Å². The second kappa shape index (κ2) is 8.00. The Morgan fingerprint density at radius 1 is 1.08 bits per heavy atom. The van der Waals surface area contributed by atoms with Gasteiger partial charge in [0.05, 0.1) is 15.5 Å². The van der Waals surface area contributed by atoms with E-state index in [-0.39, 0.29) is 27.1 Å². The Labute approximate surface area is 155 Å². The van der Waals surface area contributed by atoms with E-state index in [0.29, 0.717) is 5.56 Å². The number of nitrogens with one attached hydrogen (secondary N) is 1. The molecule has 0 heterocycles. The van der Waals surface area contributed by atoms with Crippen LogP contribution in [-0.2, 0) is 4.79 Å². The highest BCUT2D eigenvalue weighted by Crippen LogP contribution is 2.27. The van der Waals surface area contributed by atoms with E-state index in [1.54, 1.807) is 6.07 Å². The van der Waals surface area contributed by atoms with Crippen LogP contribution >= 0.6 is 15.9 Å². The van der Waals surface area contributed by atoms with Crippen LogP contribution in [0.3, 0.4) is 0 Å². The molecule has 2 aromatic carbocycles. The topological polar surface area (TPSA) is 139 Å². The van der Waals surface area contributed by atoms with Crippen molar-refractivity contribution in [2.75, 3.05) is 5.32 Å². The molecule has 0 spiro atoms. The van der Waals surface area contributed by atoms with Crippen molar-refractivity contribution < 1.29 is 14.6 Å². The molecule has 0 radical (unpaired) electrons. The normalized spacial score (nSPS) is 10.7. The maximum Gasteiger partial charge on any atom is 0.270 e. The van der Waals surface area contributed by atoms with Crippen LogP contribution < -0.4 is 5.32 Å². The molecule has 26 heavy (non-hydrogen) atoms. The molecule has 0 aromatic heterocycles. The van der Waals surface area contributed by atoms with Crippen molar-refractivity contribution in [3.63, 3.8) is 0 Å². The number of rotatable bonds is 5. The number of nitro groups is 2. The number of carbonyl (C=O) groups excluding carboxylic acids is 1. The van der Waals surface area contributed by atoms with Crippen molar-refractivity contribution >= 4 is 45.0 Å². The van der Waals surface area contributed by atoms with Crippen LogP contribution in [0, 0.1) is 31.6 Å². The zero-order valence-corrected chi connectivity index (χ0v) is 14.5. The number of anilines is 1. The third-order valence-electron chi connectivity index (χ3n) is 3.19. The summed E-state index contributed by atoms with van der Waals surface area (Å²) < 4.78 is 0.285. The number of nitriles is 1. The molecule has 1 N–H and O–H groups in total. The Morgan fingerprint density at radius 2 is 1.65 bits per heavy atom. The summed E-state index contributed by atoms with van der Waals surface area (Å²) >= 11 is 3.12. The Balaban J connectivity index is 2.22. The van der Waals surface area contributed by atoms with Crippen LogP contribution in [0.25, 0.3) is 6.08 Å². The number of amides is 1. The standard InChI is InChI=1S/C16H9BrN4O5/c17-14-8-13(21(25)26)5-6-15(14)19-16(22)11(9-18)7-10-1-3-12(4-2-10)20(23)24/h1-8H,(H,19,22)/b11-7+. The van der Waals surface area contributed by atoms with Gasteiger partial charge in [-0.1, -0.05) is 0 Å². The molecular weight excluding hydrogens is 408 g/mol. The van der Waals surface area contributed by atoms with Gasteiger partial charge in [-0.25, -0.2) is 0 Å². The summed E-state index contributed by atoms with van der Waals surface area (Å²) in [5.41, 5.74) is 0.191. The highest BCUT2D eigenvalue weighted by atomic mass is 79.9. The predicted octanol–water partition coefficient (Wildman–Crippen LogP) is 3.81. The number of nitro benzene ring substituents is 2. The number of nitrogens with zero attached hydrogens (tertiary/aromatic N) is 3. The lowest BCUT2D eigenvalue weighted by molar-refractivity contribution is -0.385. The van der Waals surface area contributed by atoms with E-state index in [0.717, 1.165) is 0 Å². The SMILES string of the molecule is N#C/C(=C\c1ccc([N+](=O)[O-])cc1)C(=O)Nc1ccc([N+](=O)[O-])cc1Br. The molecule has 0 fully saturated rings. The van der Waals surface area contributed by atoms with Gasteiger partial charge in [0.15, 0.2) is 0 Å². The Kier molecular flexibility index (Phi) is 5.77. The molecule has 2 rings (SSSR count). The van der Waals surface area contributed by atoms with Crippen molar-refractivity contribution in [2.24, 2.45) is 0 Å². The number of carbonyl (C=O) groups is 1. The van der Waals surface area contributed by atoms with Crippen LogP contribution in [0.4, 0.5) is 17.1 Å². The lowest BCUT2D eigenvalue weighted by Crippen LogP contribution is -2.13. The predicted molar refractivity (Wildman–Crippen MR) is 96.1 cm³/mol. The average Bonchev–Trinajstić information content (AvgIpc) is 2.61. The largest absolute Gasteiger partial charge is 0.320 e. The number of halogens is 1. The van der Waals surface area contributed by atoms with Crippen molar-refractivity contribution in [3.8, 4) is 6.07 Å². The third kappa shape index (κ3) is 4.49. The zero-order valence-electron chi connectivity index (χ0n) is 12.9. The second-order valence-corrected chi connectivity index (χ2v) is 5.75. The fraction of sp³-hybridized carbons (Fsp3) is 0. The molecule has 2 aromatic rings. The maximum absolute atomic E-state index is 12.2. The van der Waals surface area contributed by atoms with Gasteiger partial charge >= 0.3 is 0 Å². The quantitative estimate of drug-likeness (QED) is 0.340. The summed E-state index contributed by atoms with van der Waals surface area (Å²) in [5.74, 6) is -0.722. The van der Waals surface area contributed by atoms with Gasteiger partial charge in [0, 0.05) is 28.7 Å². The van der Waals surface area contributed by atoms with Crippen molar-refractivity contribution in [2.45, 2.75) is 0 Å². The van der Waals surface area contributed by atoms with E-state index < -0.39 is 15.8 Å². The molecule has 1 amide bonds. The lowest BCUT2D eigenvalue weighted by Gasteiger charge is -2.06. The summed E-state index contributed by atoms with van der Waals surface area (Å²) in [7, 11) is 0. The molecule has 130 valence electrons. The monoisotopic (exact) mass is 416 g/mol. The summed E-state index contributed by atoms with van der Waals surface area (Å²) in [6, 6.07) is 10.8. The summed E-state index contributed by atoms with van der Waals surface area (Å²) in [6.07, 6.45) is 1.28. The molecule has 0 atom stereocenters. The van der Waals surface area contributed by atoms with E-state index in [2.05, 4.69) is 21.2 Å². The van der Waals surface area contributed by atoms with Gasteiger partial charge in [-0.05, 0) is 45.8 Å². The zero-order chi connectivity index (χ0) is 19.3. The van der Waals surface area contributed by atoms with Crippen LogP contribution in [-0.4, -0.2) is 15.8 Å². The fourth-order valence-electron chi connectivity index (χ4n) is 1.92. The minimum absolute atomic E-state index is 0.111. The number of hydrogen-bond acceptors (Lipinski definition) is 6. The molecular formula is C16H9BrN4O5. The highest BCUT2D eigenvalue weighted by molar-refractivity contribution is 9.10. The lowest BCUT2D eigenvalue weighted by atomic mass is 10.1. The first-order valence-corrected chi connectivity index (χ1v) is 7.72. The number of benzene rings is 2. The molecule has 0 aliphatic rings. The molecule has 0 aliphatic heterocycles. The molecule has 0 saturated carbocycles. The summed E-state index contributed by atoms with van der Waals surface area (Å²) in [5, 5.41) is 33.0. The van der Waals surface area contributed by atoms with E-state index >= 15 is 0 Å². The van der Waals surface area contributed by atoms with Gasteiger partial charge in [0.25, 0.3) is 17.3 Å². The van der Waals surface area contributed by atoms with Crippen molar-refractivity contribution in [1.82, 2.24) is 0 Å². The van der Waals surface area contributed by atoms with E-state index in [1.807, 2.05) is 0 Å². The highest BCUT2D eigenvalue weighted by Gasteiger charge is 2.14.